The van der Waals surface area contributed by atoms with Gasteiger partial charge in [-0.25, -0.2) is 4.98 Å². The van der Waals surface area contributed by atoms with Crippen molar-refractivity contribution in [2.45, 2.75) is 56.6 Å². The van der Waals surface area contributed by atoms with Crippen molar-refractivity contribution in [3.63, 3.8) is 0 Å². The SMILES string of the molecule is CNC(c1cn(C)cn1)C1CCOC2(CCCCC2)C1. The predicted octanol–water partition coefficient (Wildman–Crippen LogP) is 2.81. The van der Waals surface area contributed by atoms with Crippen LogP contribution in [0, 0.1) is 5.92 Å². The molecule has 1 aromatic rings. The van der Waals surface area contributed by atoms with Crippen molar-refractivity contribution in [2.75, 3.05) is 13.7 Å². The number of hydrogen-bond donors (Lipinski definition) is 1. The van der Waals surface area contributed by atoms with Crippen molar-refractivity contribution in [3.8, 4) is 0 Å². The van der Waals surface area contributed by atoms with Crippen molar-refractivity contribution in [2.24, 2.45) is 13.0 Å². The smallest absolute Gasteiger partial charge is 0.0947 e. The lowest BCUT2D eigenvalue weighted by atomic mass is 9.73. The molecular weight excluding hydrogens is 250 g/mol. The Morgan fingerprint density at radius 2 is 2.20 bits per heavy atom. The van der Waals surface area contributed by atoms with E-state index in [2.05, 4.69) is 23.5 Å². The van der Waals surface area contributed by atoms with Gasteiger partial charge in [0.1, 0.15) is 0 Å². The van der Waals surface area contributed by atoms with Gasteiger partial charge in [-0.05, 0) is 38.6 Å². The summed E-state index contributed by atoms with van der Waals surface area (Å²) in [4.78, 5) is 4.56. The highest BCUT2D eigenvalue weighted by atomic mass is 16.5. The molecule has 112 valence electrons. The summed E-state index contributed by atoms with van der Waals surface area (Å²) in [5.41, 5.74) is 1.35. The third-order valence-corrected chi connectivity index (χ3v) is 5.12. The molecule has 1 aromatic heterocycles. The third-order valence-electron chi connectivity index (χ3n) is 5.12. The van der Waals surface area contributed by atoms with E-state index in [1.807, 2.05) is 17.9 Å². The van der Waals surface area contributed by atoms with E-state index in [1.165, 1.54) is 44.2 Å². The molecule has 2 heterocycles. The maximum atomic E-state index is 6.22. The third kappa shape index (κ3) is 2.77. The molecule has 1 saturated heterocycles. The Morgan fingerprint density at radius 3 is 2.85 bits per heavy atom. The van der Waals surface area contributed by atoms with Crippen molar-refractivity contribution in [1.29, 1.82) is 0 Å². The lowest BCUT2D eigenvalue weighted by Crippen LogP contribution is -2.44. The molecule has 1 N–H and O–H groups in total. The highest BCUT2D eigenvalue weighted by molar-refractivity contribution is 5.07. The van der Waals surface area contributed by atoms with Gasteiger partial charge in [0, 0.05) is 19.9 Å². The average molecular weight is 277 g/mol. The topological polar surface area (TPSA) is 39.1 Å². The molecule has 2 aliphatic rings. The first-order valence-electron chi connectivity index (χ1n) is 8.01. The van der Waals surface area contributed by atoms with Crippen molar-refractivity contribution in [3.05, 3.63) is 18.2 Å². The van der Waals surface area contributed by atoms with Crippen LogP contribution >= 0.6 is 0 Å². The van der Waals surface area contributed by atoms with Crippen LogP contribution in [0.5, 0.6) is 0 Å². The Balaban J connectivity index is 1.74. The van der Waals surface area contributed by atoms with Crippen LogP contribution in [0.1, 0.15) is 56.7 Å². The lowest BCUT2D eigenvalue weighted by molar-refractivity contribution is -0.122. The van der Waals surface area contributed by atoms with Gasteiger partial charge >= 0.3 is 0 Å². The highest BCUT2D eigenvalue weighted by Crippen LogP contribution is 2.43. The quantitative estimate of drug-likeness (QED) is 0.923. The predicted molar refractivity (Wildman–Crippen MR) is 79.5 cm³/mol. The Bertz CT molecular complexity index is 431. The van der Waals surface area contributed by atoms with E-state index in [0.717, 1.165) is 13.0 Å². The molecule has 4 heteroatoms. The van der Waals surface area contributed by atoms with Crippen LogP contribution in [0.3, 0.4) is 0 Å². The van der Waals surface area contributed by atoms with E-state index in [-0.39, 0.29) is 5.60 Å². The van der Waals surface area contributed by atoms with Gasteiger partial charge in [0.2, 0.25) is 0 Å². The Labute approximate surface area is 121 Å². The number of rotatable bonds is 3. The van der Waals surface area contributed by atoms with Crippen molar-refractivity contribution < 1.29 is 4.74 Å². The van der Waals surface area contributed by atoms with Gasteiger partial charge in [-0.1, -0.05) is 19.3 Å². The molecule has 3 rings (SSSR count). The second-order valence-corrected chi connectivity index (χ2v) is 6.58. The number of aromatic nitrogens is 2. The van der Waals surface area contributed by atoms with Gasteiger partial charge < -0.3 is 14.6 Å². The standard InChI is InChI=1S/C16H27N3O/c1-17-15(14-11-19(2)12-18-14)13-6-9-20-16(10-13)7-4-3-5-8-16/h11-13,15,17H,3-10H2,1-2H3. The normalized spacial score (nSPS) is 27.6. The molecule has 0 radical (unpaired) electrons. The van der Waals surface area contributed by atoms with Crippen LogP contribution in [0.2, 0.25) is 0 Å². The fraction of sp³-hybridized carbons (Fsp3) is 0.812. The minimum atomic E-state index is 0.172. The number of imidazole rings is 1. The summed E-state index contributed by atoms with van der Waals surface area (Å²) in [7, 11) is 4.10. The number of ether oxygens (including phenoxy) is 1. The Morgan fingerprint density at radius 1 is 1.40 bits per heavy atom. The molecule has 0 amide bonds. The fourth-order valence-electron chi connectivity index (χ4n) is 4.11. The average Bonchev–Trinajstić information content (AvgIpc) is 2.87. The molecule has 1 saturated carbocycles. The number of aryl methyl sites for hydroxylation is 1. The molecule has 2 fully saturated rings. The van der Waals surface area contributed by atoms with Crippen LogP contribution in [0.25, 0.3) is 0 Å². The van der Waals surface area contributed by atoms with Gasteiger partial charge in [-0.2, -0.15) is 0 Å². The van der Waals surface area contributed by atoms with Crippen molar-refractivity contribution in [1.82, 2.24) is 14.9 Å². The molecule has 0 aromatic carbocycles. The summed E-state index contributed by atoms with van der Waals surface area (Å²) in [6.07, 6.45) is 12.9. The molecule has 4 nitrogen and oxygen atoms in total. The Kier molecular flexibility index (Phi) is 4.13. The van der Waals surface area contributed by atoms with Gasteiger partial charge in [-0.15, -0.1) is 0 Å². The zero-order valence-corrected chi connectivity index (χ0v) is 12.8. The summed E-state index contributed by atoms with van der Waals surface area (Å²) < 4.78 is 8.26. The van der Waals surface area contributed by atoms with E-state index in [0.29, 0.717) is 12.0 Å². The van der Waals surface area contributed by atoms with Crippen LogP contribution in [-0.4, -0.2) is 28.8 Å². The summed E-state index contributed by atoms with van der Waals surface area (Å²) in [5, 5.41) is 3.49. The fourth-order valence-corrected chi connectivity index (χ4v) is 4.11. The van der Waals surface area contributed by atoms with E-state index in [1.54, 1.807) is 0 Å². The molecule has 2 atom stereocenters. The largest absolute Gasteiger partial charge is 0.375 e. The van der Waals surface area contributed by atoms with Gasteiger partial charge in [0.15, 0.2) is 0 Å². The van der Waals surface area contributed by atoms with Crippen LogP contribution < -0.4 is 5.32 Å². The zero-order chi connectivity index (χ0) is 14.0. The molecule has 2 unspecified atom stereocenters. The molecule has 1 spiro atoms. The second kappa shape index (κ2) is 5.86. The van der Waals surface area contributed by atoms with E-state index in [4.69, 9.17) is 4.74 Å². The molecule has 1 aliphatic carbocycles. The van der Waals surface area contributed by atoms with E-state index >= 15 is 0 Å². The summed E-state index contributed by atoms with van der Waals surface area (Å²) in [5.74, 6) is 0.641. The number of nitrogens with zero attached hydrogens (tertiary/aromatic N) is 2. The zero-order valence-electron chi connectivity index (χ0n) is 12.8. The molecule has 0 bridgehead atoms. The van der Waals surface area contributed by atoms with Gasteiger partial charge in [0.05, 0.1) is 23.7 Å². The highest BCUT2D eigenvalue weighted by Gasteiger charge is 2.41. The minimum absolute atomic E-state index is 0.172. The summed E-state index contributed by atoms with van der Waals surface area (Å²) in [6.45, 7) is 0.912. The summed E-state index contributed by atoms with van der Waals surface area (Å²) in [6, 6.07) is 0.360. The first-order valence-corrected chi connectivity index (χ1v) is 8.01. The van der Waals surface area contributed by atoms with Gasteiger partial charge in [-0.3, -0.25) is 0 Å². The first-order chi connectivity index (χ1) is 9.72. The van der Waals surface area contributed by atoms with E-state index < -0.39 is 0 Å². The van der Waals surface area contributed by atoms with Crippen LogP contribution in [0.15, 0.2) is 12.5 Å². The number of nitrogens with one attached hydrogen (secondary N) is 1. The second-order valence-electron chi connectivity index (χ2n) is 6.58. The molecular formula is C16H27N3O. The summed E-state index contributed by atoms with van der Waals surface area (Å²) >= 11 is 0. The van der Waals surface area contributed by atoms with Crippen molar-refractivity contribution >= 4 is 0 Å². The number of hydrogen-bond acceptors (Lipinski definition) is 3. The monoisotopic (exact) mass is 277 g/mol. The maximum absolute atomic E-state index is 6.22. The molecule has 1 aliphatic heterocycles. The first kappa shape index (κ1) is 14.1. The minimum Gasteiger partial charge on any atom is -0.375 e. The lowest BCUT2D eigenvalue weighted by Gasteiger charge is -2.45. The Hall–Kier alpha value is -0.870. The van der Waals surface area contributed by atoms with E-state index in [9.17, 15) is 0 Å². The molecule has 20 heavy (non-hydrogen) atoms. The van der Waals surface area contributed by atoms with Crippen LogP contribution in [-0.2, 0) is 11.8 Å². The van der Waals surface area contributed by atoms with Gasteiger partial charge in [0.25, 0.3) is 0 Å². The van der Waals surface area contributed by atoms with Crippen LogP contribution in [0.4, 0.5) is 0 Å². The maximum Gasteiger partial charge on any atom is 0.0947 e.